The molecule has 0 spiro atoms. The summed E-state index contributed by atoms with van der Waals surface area (Å²) in [5.74, 6) is -1.67. The van der Waals surface area contributed by atoms with Crippen LogP contribution in [-0.2, 0) is 19.8 Å². The molecule has 2 aromatic heterocycles. The molecule has 15 heteroatoms. The Hall–Kier alpha value is -5.57. The summed E-state index contributed by atoms with van der Waals surface area (Å²) in [4.78, 5) is 34.1. The van der Waals surface area contributed by atoms with Gasteiger partial charge in [0, 0.05) is 57.3 Å². The van der Waals surface area contributed by atoms with Crippen LogP contribution in [0.15, 0.2) is 85.1 Å². The van der Waals surface area contributed by atoms with E-state index in [9.17, 15) is 35.9 Å². The summed E-state index contributed by atoms with van der Waals surface area (Å²) in [6.45, 7) is 0.0582. The Morgan fingerprint density at radius 3 is 2.26 bits per heavy atom. The van der Waals surface area contributed by atoms with E-state index in [1.165, 1.54) is 30.5 Å². The molecule has 260 valence electrons. The second kappa shape index (κ2) is 14.1. The first-order valence-electron chi connectivity index (χ1n) is 15.3. The lowest BCUT2D eigenvalue weighted by molar-refractivity contribution is -0.137. The number of nitrogens with one attached hydrogen (secondary N) is 1. The van der Waals surface area contributed by atoms with E-state index in [-0.39, 0.29) is 29.3 Å². The zero-order valence-electron chi connectivity index (χ0n) is 26.4. The van der Waals surface area contributed by atoms with Crippen molar-refractivity contribution < 1.29 is 45.4 Å². The molecule has 1 aliphatic rings. The van der Waals surface area contributed by atoms with E-state index in [1.54, 1.807) is 40.8 Å². The minimum Gasteiger partial charge on any atom is -0.439 e. The maximum Gasteiger partial charge on any atom is 0.416 e. The molecule has 1 saturated heterocycles. The number of benzene rings is 3. The smallest absolute Gasteiger partial charge is 0.416 e. The van der Waals surface area contributed by atoms with Crippen molar-refractivity contribution in [3.63, 3.8) is 0 Å². The topological polar surface area (TPSA) is 88.9 Å². The zero-order chi connectivity index (χ0) is 35.6. The van der Waals surface area contributed by atoms with Gasteiger partial charge in [-0.3, -0.25) is 14.5 Å². The second-order valence-electron chi connectivity index (χ2n) is 11.5. The molecule has 1 N–H and O–H groups in total. The maximum absolute atomic E-state index is 14.2. The highest BCUT2D eigenvalue weighted by Gasteiger charge is 2.32. The number of halogens is 6. The van der Waals surface area contributed by atoms with Crippen molar-refractivity contribution in [1.82, 2.24) is 19.4 Å². The van der Waals surface area contributed by atoms with E-state index >= 15 is 0 Å². The third kappa shape index (κ3) is 7.83. The number of ether oxygens (including phenoxy) is 2. The summed E-state index contributed by atoms with van der Waals surface area (Å²) in [5, 5.41) is 3.22. The lowest BCUT2D eigenvalue weighted by Crippen LogP contribution is -2.48. The molecule has 0 saturated carbocycles. The van der Waals surface area contributed by atoms with Crippen LogP contribution in [0, 0.1) is 5.82 Å². The van der Waals surface area contributed by atoms with Crippen LogP contribution in [-0.4, -0.2) is 64.0 Å². The van der Waals surface area contributed by atoms with Crippen molar-refractivity contribution in [3.05, 3.63) is 113 Å². The summed E-state index contributed by atoms with van der Waals surface area (Å²) >= 11 is 0. The highest BCUT2D eigenvalue weighted by molar-refractivity contribution is 6.04. The molecule has 9 nitrogen and oxygen atoms in total. The van der Waals surface area contributed by atoms with Crippen LogP contribution in [0.2, 0.25) is 0 Å². The SMILES string of the molecule is Cn1c(C(=O)N2CCN(Cc3ccc(OC(F)F)cc3)CC2)cc2ccc(Oc3ccc(NC(=O)c4ccc(C(F)(F)F)cc4F)cn3)cc21. The number of hydrogen-bond acceptors (Lipinski definition) is 6. The fourth-order valence-electron chi connectivity index (χ4n) is 5.59. The number of rotatable bonds is 9. The highest BCUT2D eigenvalue weighted by atomic mass is 19.4. The second-order valence-corrected chi connectivity index (χ2v) is 11.5. The number of aryl methyl sites for hydroxylation is 1. The van der Waals surface area contributed by atoms with Gasteiger partial charge in [0.05, 0.1) is 28.5 Å². The predicted molar refractivity (Wildman–Crippen MR) is 171 cm³/mol. The average Bonchev–Trinajstić information content (AvgIpc) is 3.41. The first-order valence-corrected chi connectivity index (χ1v) is 15.3. The van der Waals surface area contributed by atoms with E-state index in [0.717, 1.165) is 22.5 Å². The summed E-state index contributed by atoms with van der Waals surface area (Å²) in [5.41, 5.74) is 0.602. The number of carbonyl (C=O) groups is 2. The van der Waals surface area contributed by atoms with Crippen LogP contribution in [0.25, 0.3) is 10.9 Å². The van der Waals surface area contributed by atoms with Gasteiger partial charge >= 0.3 is 12.8 Å². The molecule has 1 aliphatic heterocycles. The molecule has 0 unspecified atom stereocenters. The molecule has 5 aromatic rings. The van der Waals surface area contributed by atoms with Gasteiger partial charge in [-0.05, 0) is 60.2 Å². The Bertz CT molecular complexity index is 2010. The van der Waals surface area contributed by atoms with E-state index in [1.807, 2.05) is 12.1 Å². The molecule has 0 atom stereocenters. The maximum atomic E-state index is 14.2. The Morgan fingerprint density at radius 1 is 0.900 bits per heavy atom. The van der Waals surface area contributed by atoms with Crippen molar-refractivity contribution >= 4 is 28.4 Å². The quantitative estimate of drug-likeness (QED) is 0.162. The number of piperazine rings is 1. The number of carbonyl (C=O) groups excluding carboxylic acids is 2. The van der Waals surface area contributed by atoms with Crippen molar-refractivity contribution in [1.29, 1.82) is 0 Å². The van der Waals surface area contributed by atoms with Crippen LogP contribution in [0.1, 0.15) is 32.0 Å². The van der Waals surface area contributed by atoms with E-state index in [0.29, 0.717) is 50.2 Å². The number of hydrogen-bond donors (Lipinski definition) is 1. The van der Waals surface area contributed by atoms with E-state index in [2.05, 4.69) is 19.9 Å². The average molecular weight is 698 g/mol. The molecule has 3 aromatic carbocycles. The van der Waals surface area contributed by atoms with Crippen LogP contribution in [0.3, 0.4) is 0 Å². The van der Waals surface area contributed by atoms with Crippen molar-refractivity contribution in [2.75, 3.05) is 31.5 Å². The van der Waals surface area contributed by atoms with Gasteiger partial charge in [0.25, 0.3) is 11.8 Å². The first kappa shape index (κ1) is 34.3. The number of pyridine rings is 1. The Morgan fingerprint density at radius 2 is 1.62 bits per heavy atom. The molecule has 0 bridgehead atoms. The van der Waals surface area contributed by atoms with Gasteiger partial charge in [0.15, 0.2) is 0 Å². The summed E-state index contributed by atoms with van der Waals surface area (Å²) < 4.78 is 89.5. The Kier molecular flexibility index (Phi) is 9.68. The Balaban J connectivity index is 1.05. The number of nitrogens with zero attached hydrogens (tertiary/aromatic N) is 4. The number of amides is 2. The summed E-state index contributed by atoms with van der Waals surface area (Å²) in [6.07, 6.45) is -3.48. The van der Waals surface area contributed by atoms with E-state index in [4.69, 9.17) is 4.74 Å². The fourth-order valence-corrected chi connectivity index (χ4v) is 5.59. The minimum absolute atomic E-state index is 0.101. The Labute approximate surface area is 281 Å². The van der Waals surface area contributed by atoms with Gasteiger partial charge in [-0.1, -0.05) is 12.1 Å². The first-order chi connectivity index (χ1) is 23.8. The minimum atomic E-state index is -4.74. The monoisotopic (exact) mass is 697 g/mol. The van der Waals surface area contributed by atoms with Crippen molar-refractivity contribution in [2.45, 2.75) is 19.3 Å². The zero-order valence-corrected chi connectivity index (χ0v) is 26.4. The van der Waals surface area contributed by atoms with Gasteiger partial charge < -0.3 is 24.3 Å². The lowest BCUT2D eigenvalue weighted by Gasteiger charge is -2.34. The summed E-state index contributed by atoms with van der Waals surface area (Å²) in [6, 6.07) is 18.2. The van der Waals surface area contributed by atoms with Crippen LogP contribution in [0.4, 0.5) is 32.0 Å². The van der Waals surface area contributed by atoms with Crippen LogP contribution >= 0.6 is 0 Å². The summed E-state index contributed by atoms with van der Waals surface area (Å²) in [7, 11) is 1.78. The largest absolute Gasteiger partial charge is 0.439 e. The van der Waals surface area contributed by atoms with Gasteiger partial charge in [-0.2, -0.15) is 22.0 Å². The number of aromatic nitrogens is 2. The van der Waals surface area contributed by atoms with Gasteiger partial charge in [0.2, 0.25) is 5.88 Å². The molecule has 6 rings (SSSR count). The third-order valence-corrected chi connectivity index (χ3v) is 8.21. The highest BCUT2D eigenvalue weighted by Crippen LogP contribution is 2.31. The molecule has 50 heavy (non-hydrogen) atoms. The van der Waals surface area contributed by atoms with Crippen molar-refractivity contribution in [3.8, 4) is 17.4 Å². The number of anilines is 1. The normalized spacial score (nSPS) is 13.9. The van der Waals surface area contributed by atoms with E-state index < -0.39 is 35.6 Å². The molecule has 3 heterocycles. The predicted octanol–water partition coefficient (Wildman–Crippen LogP) is 7.34. The molecule has 0 aliphatic carbocycles. The van der Waals surface area contributed by atoms with Crippen molar-refractivity contribution in [2.24, 2.45) is 7.05 Å². The van der Waals surface area contributed by atoms with Crippen LogP contribution in [0.5, 0.6) is 17.4 Å². The van der Waals surface area contributed by atoms with Crippen LogP contribution < -0.4 is 14.8 Å². The number of fused-ring (bicyclic) bond motifs is 1. The lowest BCUT2D eigenvalue weighted by atomic mass is 10.1. The molecular weight excluding hydrogens is 668 g/mol. The van der Waals surface area contributed by atoms with Gasteiger partial charge in [-0.25, -0.2) is 9.37 Å². The number of alkyl halides is 5. The fraction of sp³-hybridized carbons (Fsp3) is 0.229. The molecule has 2 amide bonds. The third-order valence-electron chi connectivity index (χ3n) is 8.21. The molecule has 0 radical (unpaired) electrons. The van der Waals surface area contributed by atoms with Gasteiger partial charge in [0.1, 0.15) is 23.0 Å². The molecule has 1 fully saturated rings. The van der Waals surface area contributed by atoms with Gasteiger partial charge in [-0.15, -0.1) is 0 Å². The standard InChI is InChI=1S/C35H29F6N5O4/c1-44-29-18-26(49-31-11-6-24(19-42-31)43-32(47)27-10-5-23(17-28(27)36)35(39,40)41)9-4-22(29)16-30(44)33(48)46-14-12-45(13-15-46)20-21-2-7-25(8-3-21)50-34(37)38/h2-11,16-19,34H,12-15,20H2,1H3,(H,43,47). The molecular formula is C35H29F6N5O4.